The van der Waals surface area contributed by atoms with Gasteiger partial charge in [-0.05, 0) is 49.1 Å². The summed E-state index contributed by atoms with van der Waals surface area (Å²) in [6.07, 6.45) is 0.857. The molecule has 1 heterocycles. The fourth-order valence-corrected chi connectivity index (χ4v) is 3.32. The lowest BCUT2D eigenvalue weighted by atomic mass is 9.86. The summed E-state index contributed by atoms with van der Waals surface area (Å²) in [7, 11) is 0. The van der Waals surface area contributed by atoms with Gasteiger partial charge in [-0.15, -0.1) is 0 Å². The van der Waals surface area contributed by atoms with Gasteiger partial charge in [0.05, 0.1) is 5.69 Å². The first kappa shape index (κ1) is 15.9. The first-order valence-corrected chi connectivity index (χ1v) is 7.97. The van der Waals surface area contributed by atoms with Crippen LogP contribution in [0, 0.1) is 25.5 Å². The molecule has 2 unspecified atom stereocenters. The highest BCUT2D eigenvalue weighted by molar-refractivity contribution is 5.50. The van der Waals surface area contributed by atoms with E-state index in [2.05, 4.69) is 32.0 Å². The van der Waals surface area contributed by atoms with Crippen molar-refractivity contribution in [2.45, 2.75) is 32.2 Å². The smallest absolute Gasteiger partial charge is 0.146 e. The summed E-state index contributed by atoms with van der Waals surface area (Å²) in [4.78, 5) is 1.87. The molecule has 0 bridgehead atoms. The summed E-state index contributed by atoms with van der Waals surface area (Å²) < 4.78 is 27.6. The van der Waals surface area contributed by atoms with Gasteiger partial charge in [-0.3, -0.25) is 0 Å². The molecule has 122 valence electrons. The number of rotatable bonds is 2. The Bertz CT molecular complexity index is 715. The van der Waals surface area contributed by atoms with Gasteiger partial charge in [0.1, 0.15) is 11.6 Å². The van der Waals surface area contributed by atoms with Crippen LogP contribution in [0.2, 0.25) is 0 Å². The van der Waals surface area contributed by atoms with Crippen molar-refractivity contribution in [3.05, 3.63) is 64.7 Å². The van der Waals surface area contributed by atoms with Gasteiger partial charge in [0.25, 0.3) is 0 Å². The zero-order chi connectivity index (χ0) is 16.6. The summed E-state index contributed by atoms with van der Waals surface area (Å²) in [5.41, 5.74) is 10.2. The van der Waals surface area contributed by atoms with E-state index in [1.165, 1.54) is 28.8 Å². The quantitative estimate of drug-likeness (QED) is 0.910. The van der Waals surface area contributed by atoms with Gasteiger partial charge in [-0.2, -0.15) is 0 Å². The van der Waals surface area contributed by atoms with E-state index in [1.54, 1.807) is 0 Å². The maximum absolute atomic E-state index is 14.1. The first-order chi connectivity index (χ1) is 10.9. The van der Waals surface area contributed by atoms with Crippen molar-refractivity contribution in [1.29, 1.82) is 0 Å². The van der Waals surface area contributed by atoms with Gasteiger partial charge in [-0.1, -0.05) is 18.2 Å². The van der Waals surface area contributed by atoms with E-state index in [4.69, 9.17) is 5.73 Å². The number of anilines is 1. The van der Waals surface area contributed by atoms with E-state index in [0.717, 1.165) is 12.5 Å². The molecule has 1 aliphatic heterocycles. The number of benzene rings is 2. The third kappa shape index (κ3) is 3.37. The van der Waals surface area contributed by atoms with Gasteiger partial charge >= 0.3 is 0 Å². The third-order valence-corrected chi connectivity index (χ3v) is 4.73. The van der Waals surface area contributed by atoms with Crippen LogP contribution >= 0.6 is 0 Å². The van der Waals surface area contributed by atoms with Gasteiger partial charge < -0.3 is 10.6 Å². The van der Waals surface area contributed by atoms with Crippen molar-refractivity contribution in [2.75, 3.05) is 18.0 Å². The Morgan fingerprint density at radius 1 is 1.00 bits per heavy atom. The minimum absolute atomic E-state index is 0.0574. The van der Waals surface area contributed by atoms with Crippen LogP contribution in [-0.2, 0) is 0 Å². The predicted octanol–water partition coefficient (Wildman–Crippen LogP) is 3.90. The molecule has 3 rings (SSSR count). The van der Waals surface area contributed by atoms with Crippen LogP contribution in [0.15, 0.2) is 36.4 Å². The fourth-order valence-electron chi connectivity index (χ4n) is 3.32. The molecule has 23 heavy (non-hydrogen) atoms. The van der Waals surface area contributed by atoms with Crippen molar-refractivity contribution >= 4 is 5.69 Å². The summed E-state index contributed by atoms with van der Waals surface area (Å²) in [6, 6.07) is 9.92. The molecule has 0 spiro atoms. The Labute approximate surface area is 135 Å². The van der Waals surface area contributed by atoms with Crippen molar-refractivity contribution in [3.8, 4) is 0 Å². The summed E-state index contributed by atoms with van der Waals surface area (Å²) in [5.74, 6) is -0.608. The number of piperidine rings is 1. The number of hydrogen-bond donors (Lipinski definition) is 1. The Kier molecular flexibility index (Phi) is 4.35. The number of nitrogens with zero attached hydrogens (tertiary/aromatic N) is 1. The number of nitrogens with two attached hydrogens (primary N) is 1. The molecule has 0 saturated carbocycles. The Hall–Kier alpha value is -1.94. The molecule has 1 saturated heterocycles. The third-order valence-electron chi connectivity index (χ3n) is 4.73. The zero-order valence-corrected chi connectivity index (χ0v) is 13.5. The second-order valence-electron chi connectivity index (χ2n) is 6.54. The van der Waals surface area contributed by atoms with E-state index in [-0.39, 0.29) is 12.0 Å². The maximum atomic E-state index is 14.1. The average molecular weight is 316 g/mol. The molecule has 1 aliphatic rings. The molecule has 2 aromatic rings. The Balaban J connectivity index is 1.89. The van der Waals surface area contributed by atoms with Crippen molar-refractivity contribution < 1.29 is 8.78 Å². The van der Waals surface area contributed by atoms with Crippen LogP contribution in [0.1, 0.15) is 29.0 Å². The highest BCUT2D eigenvalue weighted by Crippen LogP contribution is 2.32. The Morgan fingerprint density at radius 2 is 1.78 bits per heavy atom. The minimum Gasteiger partial charge on any atom is -0.367 e. The normalized spacial score (nSPS) is 21.5. The minimum atomic E-state index is -0.428. The highest BCUT2D eigenvalue weighted by atomic mass is 19.1. The Morgan fingerprint density at radius 3 is 2.52 bits per heavy atom. The summed E-state index contributed by atoms with van der Waals surface area (Å²) in [5, 5.41) is 0. The van der Waals surface area contributed by atoms with E-state index in [9.17, 15) is 8.78 Å². The van der Waals surface area contributed by atoms with E-state index >= 15 is 0 Å². The van der Waals surface area contributed by atoms with Crippen LogP contribution in [0.25, 0.3) is 0 Å². The van der Waals surface area contributed by atoms with E-state index < -0.39 is 11.6 Å². The second-order valence-corrected chi connectivity index (χ2v) is 6.54. The number of hydrogen-bond acceptors (Lipinski definition) is 2. The van der Waals surface area contributed by atoms with Crippen LogP contribution in [0.5, 0.6) is 0 Å². The predicted molar refractivity (Wildman–Crippen MR) is 89.8 cm³/mol. The summed E-state index contributed by atoms with van der Waals surface area (Å²) in [6.45, 7) is 5.37. The van der Waals surface area contributed by atoms with E-state index in [0.29, 0.717) is 18.8 Å². The van der Waals surface area contributed by atoms with Crippen LogP contribution < -0.4 is 10.6 Å². The molecule has 2 nitrogen and oxygen atoms in total. The topological polar surface area (TPSA) is 29.3 Å². The van der Waals surface area contributed by atoms with Gasteiger partial charge in [0, 0.05) is 31.1 Å². The maximum Gasteiger partial charge on any atom is 0.146 e. The lowest BCUT2D eigenvalue weighted by Crippen LogP contribution is -2.46. The molecular weight excluding hydrogens is 294 g/mol. The monoisotopic (exact) mass is 316 g/mol. The van der Waals surface area contributed by atoms with E-state index in [1.807, 2.05) is 4.90 Å². The molecule has 0 aliphatic carbocycles. The van der Waals surface area contributed by atoms with Crippen LogP contribution in [0.4, 0.5) is 14.5 Å². The van der Waals surface area contributed by atoms with Crippen molar-refractivity contribution in [1.82, 2.24) is 0 Å². The second kappa shape index (κ2) is 6.28. The highest BCUT2D eigenvalue weighted by Gasteiger charge is 2.28. The SMILES string of the molecule is Cc1ccc(C2CC(N)CN(c3cc(F)ccc3F)C2)cc1C. The van der Waals surface area contributed by atoms with Gasteiger partial charge in [0.15, 0.2) is 0 Å². The standard InChI is InChI=1S/C19H22F2N2/c1-12-3-4-14(7-13(12)2)15-8-17(22)11-23(10-15)19-9-16(20)5-6-18(19)21/h3-7,9,15,17H,8,10-11,22H2,1-2H3. The molecule has 2 atom stereocenters. The molecule has 4 heteroatoms. The lowest BCUT2D eigenvalue weighted by molar-refractivity contribution is 0.448. The molecule has 0 amide bonds. The van der Waals surface area contributed by atoms with Crippen molar-refractivity contribution in [3.63, 3.8) is 0 Å². The van der Waals surface area contributed by atoms with Crippen molar-refractivity contribution in [2.24, 2.45) is 5.73 Å². The molecule has 2 aromatic carbocycles. The first-order valence-electron chi connectivity index (χ1n) is 7.97. The number of halogens is 2. The summed E-state index contributed by atoms with van der Waals surface area (Å²) >= 11 is 0. The average Bonchev–Trinajstić information content (AvgIpc) is 2.51. The van der Waals surface area contributed by atoms with Gasteiger partial charge in [0.2, 0.25) is 0 Å². The number of aryl methyl sites for hydroxylation is 2. The molecular formula is C19H22F2N2. The fraction of sp³-hybridized carbons (Fsp3) is 0.368. The zero-order valence-electron chi connectivity index (χ0n) is 13.5. The van der Waals surface area contributed by atoms with Gasteiger partial charge in [-0.25, -0.2) is 8.78 Å². The largest absolute Gasteiger partial charge is 0.367 e. The lowest BCUT2D eigenvalue weighted by Gasteiger charge is -2.38. The molecule has 2 N–H and O–H groups in total. The molecule has 1 fully saturated rings. The van der Waals surface area contributed by atoms with Crippen LogP contribution in [0.3, 0.4) is 0 Å². The van der Waals surface area contributed by atoms with Crippen LogP contribution in [-0.4, -0.2) is 19.1 Å². The molecule has 0 aromatic heterocycles. The molecule has 0 radical (unpaired) electrons.